The number of fused-ring (bicyclic) bond motifs is 1. The molecule has 1 atom stereocenters. The Labute approximate surface area is 96.5 Å². The first-order valence-corrected chi connectivity index (χ1v) is 5.75. The lowest BCUT2D eigenvalue weighted by Crippen LogP contribution is -2.13. The van der Waals surface area contributed by atoms with E-state index in [0.717, 1.165) is 12.1 Å². The molecule has 0 aliphatic carbocycles. The molecule has 1 heterocycles. The Morgan fingerprint density at radius 3 is 2.88 bits per heavy atom. The molecule has 0 saturated carbocycles. The van der Waals surface area contributed by atoms with Gasteiger partial charge in [-0.05, 0) is 37.3 Å². The maximum absolute atomic E-state index is 5.66. The number of hydrogen-bond acceptors (Lipinski definition) is 2. The summed E-state index contributed by atoms with van der Waals surface area (Å²) in [5, 5.41) is 2.53. The molecule has 2 heteroatoms. The molecule has 1 aromatic heterocycles. The Morgan fingerprint density at radius 1 is 1.31 bits per heavy atom. The van der Waals surface area contributed by atoms with Crippen molar-refractivity contribution in [1.82, 2.24) is 4.98 Å². The van der Waals surface area contributed by atoms with Gasteiger partial charge < -0.3 is 5.73 Å². The molecule has 1 aromatic carbocycles. The maximum atomic E-state index is 5.66. The molecule has 2 rings (SSSR count). The molecular weight excluding hydrogens is 196 g/mol. The van der Waals surface area contributed by atoms with Crippen LogP contribution in [0.2, 0.25) is 0 Å². The monoisotopic (exact) mass is 214 g/mol. The average molecular weight is 214 g/mol. The molecule has 2 nitrogen and oxygen atoms in total. The summed E-state index contributed by atoms with van der Waals surface area (Å²) in [4.78, 5) is 4.47. The molecule has 0 fully saturated rings. The Hall–Kier alpha value is -1.41. The van der Waals surface area contributed by atoms with Crippen molar-refractivity contribution in [2.75, 3.05) is 6.54 Å². The van der Waals surface area contributed by atoms with Crippen molar-refractivity contribution in [3.05, 3.63) is 41.7 Å². The minimum Gasteiger partial charge on any atom is -0.330 e. The lowest BCUT2D eigenvalue weighted by Gasteiger charge is -2.10. The quantitative estimate of drug-likeness (QED) is 0.853. The van der Waals surface area contributed by atoms with E-state index in [1.807, 2.05) is 6.20 Å². The third-order valence-electron chi connectivity index (χ3n) is 2.95. The highest BCUT2D eigenvalue weighted by molar-refractivity contribution is 5.85. The summed E-state index contributed by atoms with van der Waals surface area (Å²) in [6.07, 6.45) is 2.84. The van der Waals surface area contributed by atoms with Crippen LogP contribution in [-0.4, -0.2) is 11.5 Å². The molecule has 0 saturated heterocycles. The molecule has 0 bridgehead atoms. The number of aryl methyl sites for hydroxylation is 1. The summed E-state index contributed by atoms with van der Waals surface area (Å²) < 4.78 is 0. The Bertz CT molecular complexity index is 491. The van der Waals surface area contributed by atoms with Crippen LogP contribution in [0.3, 0.4) is 0 Å². The van der Waals surface area contributed by atoms with Crippen LogP contribution in [0, 0.1) is 12.8 Å². The van der Waals surface area contributed by atoms with E-state index in [9.17, 15) is 0 Å². The third kappa shape index (κ3) is 2.22. The number of benzene rings is 1. The second kappa shape index (κ2) is 4.62. The summed E-state index contributed by atoms with van der Waals surface area (Å²) in [5.74, 6) is 0.486. The van der Waals surface area contributed by atoms with Crippen LogP contribution in [0.5, 0.6) is 0 Å². The topological polar surface area (TPSA) is 38.9 Å². The fourth-order valence-corrected chi connectivity index (χ4v) is 1.94. The van der Waals surface area contributed by atoms with Crippen LogP contribution in [0.4, 0.5) is 0 Å². The van der Waals surface area contributed by atoms with Gasteiger partial charge >= 0.3 is 0 Å². The van der Waals surface area contributed by atoms with Crippen molar-refractivity contribution in [3.8, 4) is 0 Å². The van der Waals surface area contributed by atoms with E-state index >= 15 is 0 Å². The second-order valence-corrected chi connectivity index (χ2v) is 4.53. The van der Waals surface area contributed by atoms with Crippen molar-refractivity contribution in [2.24, 2.45) is 11.7 Å². The fourth-order valence-electron chi connectivity index (χ4n) is 1.94. The number of nitrogens with two attached hydrogens (primary N) is 1. The summed E-state index contributed by atoms with van der Waals surface area (Å²) >= 11 is 0. The largest absolute Gasteiger partial charge is 0.330 e. The average Bonchev–Trinajstić information content (AvgIpc) is 2.28. The fraction of sp³-hybridized carbons (Fsp3) is 0.357. The van der Waals surface area contributed by atoms with Gasteiger partial charge in [-0.2, -0.15) is 0 Å². The normalized spacial score (nSPS) is 12.9. The molecule has 84 valence electrons. The van der Waals surface area contributed by atoms with E-state index in [1.54, 1.807) is 0 Å². The van der Waals surface area contributed by atoms with Crippen LogP contribution in [-0.2, 0) is 6.42 Å². The van der Waals surface area contributed by atoms with Gasteiger partial charge in [-0.15, -0.1) is 0 Å². The molecule has 0 aliphatic heterocycles. The van der Waals surface area contributed by atoms with Gasteiger partial charge in [-0.1, -0.05) is 30.7 Å². The van der Waals surface area contributed by atoms with Crippen LogP contribution in [0.1, 0.15) is 18.2 Å². The molecule has 0 spiro atoms. The van der Waals surface area contributed by atoms with Gasteiger partial charge in [0.1, 0.15) is 0 Å². The number of hydrogen-bond donors (Lipinski definition) is 1. The lowest BCUT2D eigenvalue weighted by atomic mass is 10.00. The van der Waals surface area contributed by atoms with E-state index < -0.39 is 0 Å². The highest BCUT2D eigenvalue weighted by Crippen LogP contribution is 2.20. The second-order valence-electron chi connectivity index (χ2n) is 4.53. The van der Waals surface area contributed by atoms with Crippen molar-refractivity contribution in [2.45, 2.75) is 20.3 Å². The van der Waals surface area contributed by atoms with E-state index in [2.05, 4.69) is 43.1 Å². The Morgan fingerprint density at radius 2 is 2.12 bits per heavy atom. The van der Waals surface area contributed by atoms with Crippen molar-refractivity contribution < 1.29 is 0 Å². The summed E-state index contributed by atoms with van der Waals surface area (Å²) in [7, 11) is 0. The van der Waals surface area contributed by atoms with Gasteiger partial charge in [0.25, 0.3) is 0 Å². The van der Waals surface area contributed by atoms with Gasteiger partial charge in [0.15, 0.2) is 0 Å². The van der Waals surface area contributed by atoms with Crippen LogP contribution in [0.15, 0.2) is 30.5 Å². The minimum atomic E-state index is 0.486. The van der Waals surface area contributed by atoms with E-state index in [4.69, 9.17) is 5.73 Å². The van der Waals surface area contributed by atoms with Crippen molar-refractivity contribution >= 4 is 10.8 Å². The Kier molecular flexibility index (Phi) is 3.20. The highest BCUT2D eigenvalue weighted by atomic mass is 14.7. The number of nitrogens with zero attached hydrogens (tertiary/aromatic N) is 1. The van der Waals surface area contributed by atoms with Crippen LogP contribution in [0.25, 0.3) is 10.8 Å². The Balaban J connectivity index is 2.45. The van der Waals surface area contributed by atoms with Gasteiger partial charge in [0.05, 0.1) is 0 Å². The van der Waals surface area contributed by atoms with Gasteiger partial charge in [-0.3, -0.25) is 4.98 Å². The van der Waals surface area contributed by atoms with Crippen molar-refractivity contribution in [1.29, 1.82) is 0 Å². The van der Waals surface area contributed by atoms with E-state index in [1.165, 1.54) is 16.3 Å². The molecule has 2 N–H and O–H groups in total. The minimum absolute atomic E-state index is 0.486. The number of pyridine rings is 1. The predicted octanol–water partition coefficient (Wildman–Crippen LogP) is 2.68. The van der Waals surface area contributed by atoms with E-state index in [0.29, 0.717) is 12.5 Å². The first-order valence-electron chi connectivity index (χ1n) is 5.75. The van der Waals surface area contributed by atoms with Crippen LogP contribution >= 0.6 is 0 Å². The summed E-state index contributed by atoms with van der Waals surface area (Å²) in [6.45, 7) is 4.99. The standard InChI is InChI=1S/C14H18N2/c1-10-3-4-13-12(7-10)5-6-16-14(13)8-11(2)9-15/h3-7,11H,8-9,15H2,1-2H3. The zero-order valence-electron chi connectivity index (χ0n) is 9.90. The smallest absolute Gasteiger partial charge is 0.0485 e. The molecular formula is C14H18N2. The molecule has 0 amide bonds. The summed E-state index contributed by atoms with van der Waals surface area (Å²) in [6, 6.07) is 8.57. The zero-order chi connectivity index (χ0) is 11.5. The third-order valence-corrected chi connectivity index (χ3v) is 2.95. The number of aromatic nitrogens is 1. The number of rotatable bonds is 3. The SMILES string of the molecule is Cc1ccc2c(CC(C)CN)nccc2c1. The van der Waals surface area contributed by atoms with E-state index in [-0.39, 0.29) is 0 Å². The maximum Gasteiger partial charge on any atom is 0.0485 e. The lowest BCUT2D eigenvalue weighted by molar-refractivity contribution is 0.587. The molecule has 16 heavy (non-hydrogen) atoms. The predicted molar refractivity (Wildman–Crippen MR) is 68.4 cm³/mol. The molecule has 0 aliphatic rings. The molecule has 1 unspecified atom stereocenters. The zero-order valence-corrected chi connectivity index (χ0v) is 9.90. The first-order chi connectivity index (χ1) is 7.70. The summed E-state index contributed by atoms with van der Waals surface area (Å²) in [5.41, 5.74) is 8.11. The van der Waals surface area contributed by atoms with Crippen LogP contribution < -0.4 is 5.73 Å². The van der Waals surface area contributed by atoms with Gasteiger partial charge in [0.2, 0.25) is 0 Å². The first kappa shape index (κ1) is 11.1. The molecule has 2 aromatic rings. The van der Waals surface area contributed by atoms with Crippen molar-refractivity contribution in [3.63, 3.8) is 0 Å². The highest BCUT2D eigenvalue weighted by Gasteiger charge is 2.06. The van der Waals surface area contributed by atoms with Gasteiger partial charge in [0, 0.05) is 17.3 Å². The van der Waals surface area contributed by atoms with Gasteiger partial charge in [-0.25, -0.2) is 0 Å². The molecule has 0 radical (unpaired) electrons.